The van der Waals surface area contributed by atoms with Crippen molar-refractivity contribution >= 4 is 51.5 Å². The van der Waals surface area contributed by atoms with Crippen LogP contribution in [0.4, 0.5) is 8.78 Å². The number of halogens is 2. The highest BCUT2D eigenvalue weighted by Crippen LogP contribution is 2.30. The first-order valence-electron chi connectivity index (χ1n) is 10.3. The first-order valence-corrected chi connectivity index (χ1v) is 12.3. The summed E-state index contributed by atoms with van der Waals surface area (Å²) in [6.07, 6.45) is 0. The Balaban J connectivity index is 2.14. The van der Waals surface area contributed by atoms with Crippen molar-refractivity contribution in [3.8, 4) is 16.9 Å². The van der Waals surface area contributed by atoms with Crippen molar-refractivity contribution in [2.75, 3.05) is 11.5 Å². The molecular formula is C23H23F2N3O6S2. The van der Waals surface area contributed by atoms with Gasteiger partial charge in [-0.25, -0.2) is 8.78 Å². The molecule has 2 unspecified atom stereocenters. The third-order valence-corrected chi connectivity index (χ3v) is 6.67. The molecule has 2 aromatic rings. The fraction of sp³-hybridized carbons (Fsp3) is 0.261. The zero-order valence-electron chi connectivity index (χ0n) is 19.2. The van der Waals surface area contributed by atoms with E-state index >= 15 is 0 Å². The molecular weight excluding hydrogens is 516 g/mol. The number of nitrogens with one attached hydrogen (secondary N) is 2. The van der Waals surface area contributed by atoms with Crippen LogP contribution in [0.2, 0.25) is 0 Å². The van der Waals surface area contributed by atoms with Crippen LogP contribution in [0.5, 0.6) is 5.75 Å². The van der Waals surface area contributed by atoms with Gasteiger partial charge in [0, 0.05) is 37.0 Å². The summed E-state index contributed by atoms with van der Waals surface area (Å²) in [5.74, 6) is -4.34. The summed E-state index contributed by atoms with van der Waals surface area (Å²) in [5, 5.41) is 13.6. The smallest absolute Gasteiger partial charge is 0.240 e. The topological polar surface area (TPSA) is 156 Å². The Morgan fingerprint density at radius 2 is 1.53 bits per heavy atom. The molecule has 5 N–H and O–H groups in total. The van der Waals surface area contributed by atoms with Crippen LogP contribution in [0.3, 0.4) is 0 Å². The molecule has 0 fully saturated rings. The highest BCUT2D eigenvalue weighted by molar-refractivity contribution is 8.15. The van der Waals surface area contributed by atoms with Gasteiger partial charge in [0.2, 0.25) is 28.0 Å². The third kappa shape index (κ3) is 8.34. The van der Waals surface area contributed by atoms with Gasteiger partial charge in [0.05, 0.1) is 5.56 Å². The largest absolute Gasteiger partial charge is 0.507 e. The second-order valence-electron chi connectivity index (χ2n) is 7.49. The molecule has 0 aliphatic carbocycles. The Bertz CT molecular complexity index is 1190. The number of hydrogen-bond donors (Lipinski definition) is 4. The van der Waals surface area contributed by atoms with E-state index in [0.717, 1.165) is 6.07 Å². The lowest BCUT2D eigenvalue weighted by Crippen LogP contribution is -2.46. The molecule has 0 saturated carbocycles. The molecule has 36 heavy (non-hydrogen) atoms. The Kier molecular flexibility index (Phi) is 10.4. The number of primary amides is 1. The van der Waals surface area contributed by atoms with Crippen LogP contribution in [0, 0.1) is 11.6 Å². The van der Waals surface area contributed by atoms with Gasteiger partial charge in [-0.2, -0.15) is 0 Å². The molecule has 2 atom stereocenters. The van der Waals surface area contributed by atoms with E-state index in [0.29, 0.717) is 29.6 Å². The second kappa shape index (κ2) is 13.0. The molecule has 0 spiro atoms. The van der Waals surface area contributed by atoms with Gasteiger partial charge in [0.15, 0.2) is 0 Å². The summed E-state index contributed by atoms with van der Waals surface area (Å²) in [6.45, 7) is 2.35. The van der Waals surface area contributed by atoms with Gasteiger partial charge in [-0.1, -0.05) is 29.6 Å². The molecule has 0 bridgehead atoms. The van der Waals surface area contributed by atoms with Crippen LogP contribution >= 0.6 is 23.5 Å². The molecule has 2 rings (SSSR count). The average Bonchev–Trinajstić information content (AvgIpc) is 2.79. The molecule has 9 nitrogen and oxygen atoms in total. The summed E-state index contributed by atoms with van der Waals surface area (Å²) in [6, 6.07) is 4.45. The molecule has 3 amide bonds. The highest BCUT2D eigenvalue weighted by atomic mass is 32.2. The van der Waals surface area contributed by atoms with E-state index in [1.54, 1.807) is 0 Å². The number of benzene rings is 2. The number of thioether (sulfide) groups is 2. The number of phenolic OH excluding ortho intramolecular Hbond substituents is 1. The molecule has 0 heterocycles. The minimum Gasteiger partial charge on any atom is -0.507 e. The summed E-state index contributed by atoms with van der Waals surface area (Å²) in [4.78, 5) is 59.7. The number of carbonyl (C=O) groups excluding carboxylic acids is 5. The molecule has 0 saturated heterocycles. The van der Waals surface area contributed by atoms with E-state index in [-0.39, 0.29) is 28.2 Å². The number of nitrogens with two attached hydrogens (primary N) is 1. The molecule has 0 aliphatic rings. The summed E-state index contributed by atoms with van der Waals surface area (Å²) in [7, 11) is 0. The van der Waals surface area contributed by atoms with Gasteiger partial charge in [0.1, 0.15) is 29.5 Å². The SMILES string of the molecule is CC(=O)NC(CSC(=O)C(CSC(=O)c1cc(-c2ccc(F)cc2F)ccc1O)NC(C)=O)C(N)=O. The molecule has 13 heteroatoms. The van der Waals surface area contributed by atoms with E-state index in [2.05, 4.69) is 10.6 Å². The Morgan fingerprint density at radius 3 is 2.11 bits per heavy atom. The fourth-order valence-electron chi connectivity index (χ4n) is 2.95. The predicted molar refractivity (Wildman–Crippen MR) is 132 cm³/mol. The zero-order chi connectivity index (χ0) is 27.0. The summed E-state index contributed by atoms with van der Waals surface area (Å²) in [5.41, 5.74) is 5.27. The maximum absolute atomic E-state index is 14.2. The van der Waals surface area contributed by atoms with Crippen molar-refractivity contribution in [2.45, 2.75) is 25.9 Å². The normalized spacial score (nSPS) is 12.3. The number of amides is 3. The zero-order valence-corrected chi connectivity index (χ0v) is 20.8. The Labute approximate surface area is 213 Å². The first-order chi connectivity index (χ1) is 16.9. The Hall–Kier alpha value is -3.45. The van der Waals surface area contributed by atoms with Crippen LogP contribution in [0.1, 0.15) is 24.2 Å². The van der Waals surface area contributed by atoms with Crippen LogP contribution < -0.4 is 16.4 Å². The van der Waals surface area contributed by atoms with Crippen molar-refractivity contribution in [3.05, 3.63) is 53.6 Å². The monoisotopic (exact) mass is 539 g/mol. The highest BCUT2D eigenvalue weighted by Gasteiger charge is 2.26. The maximum atomic E-state index is 14.2. The van der Waals surface area contributed by atoms with E-state index in [9.17, 15) is 37.9 Å². The summed E-state index contributed by atoms with van der Waals surface area (Å²) < 4.78 is 27.4. The van der Waals surface area contributed by atoms with E-state index in [4.69, 9.17) is 5.73 Å². The molecule has 0 aliphatic heterocycles. The van der Waals surface area contributed by atoms with Crippen LogP contribution in [0.15, 0.2) is 36.4 Å². The molecule has 0 radical (unpaired) electrons. The number of rotatable bonds is 10. The van der Waals surface area contributed by atoms with Gasteiger partial charge in [-0.3, -0.25) is 24.0 Å². The van der Waals surface area contributed by atoms with Gasteiger partial charge in [0.25, 0.3) is 0 Å². The van der Waals surface area contributed by atoms with E-state index in [1.165, 1.54) is 38.1 Å². The first kappa shape index (κ1) is 28.8. The van der Waals surface area contributed by atoms with Gasteiger partial charge >= 0.3 is 0 Å². The predicted octanol–water partition coefficient (Wildman–Crippen LogP) is 1.97. The average molecular weight is 540 g/mol. The minimum absolute atomic E-state index is 0.0151. The number of aromatic hydroxyl groups is 1. The Morgan fingerprint density at radius 1 is 0.917 bits per heavy atom. The lowest BCUT2D eigenvalue weighted by Gasteiger charge is -2.18. The quantitative estimate of drug-likeness (QED) is 0.357. The lowest BCUT2D eigenvalue weighted by atomic mass is 10.0. The fourth-order valence-corrected chi connectivity index (χ4v) is 4.85. The van der Waals surface area contributed by atoms with Crippen molar-refractivity contribution in [3.63, 3.8) is 0 Å². The molecule has 192 valence electrons. The van der Waals surface area contributed by atoms with Crippen molar-refractivity contribution in [1.29, 1.82) is 0 Å². The van der Waals surface area contributed by atoms with Crippen LogP contribution in [0.25, 0.3) is 11.1 Å². The maximum Gasteiger partial charge on any atom is 0.240 e. The third-order valence-electron chi connectivity index (χ3n) is 4.61. The van der Waals surface area contributed by atoms with Crippen molar-refractivity contribution < 1.29 is 37.9 Å². The van der Waals surface area contributed by atoms with Crippen LogP contribution in [-0.4, -0.2) is 56.6 Å². The number of hydrogen-bond acceptors (Lipinski definition) is 8. The molecule has 2 aromatic carbocycles. The lowest BCUT2D eigenvalue weighted by molar-refractivity contribution is -0.125. The van der Waals surface area contributed by atoms with Gasteiger partial charge in [-0.15, -0.1) is 0 Å². The van der Waals surface area contributed by atoms with Crippen molar-refractivity contribution in [1.82, 2.24) is 10.6 Å². The van der Waals surface area contributed by atoms with E-state index in [1.807, 2.05) is 0 Å². The number of carbonyl (C=O) groups is 5. The van der Waals surface area contributed by atoms with Crippen LogP contribution in [-0.2, 0) is 19.2 Å². The molecule has 0 aromatic heterocycles. The van der Waals surface area contributed by atoms with E-state index < -0.39 is 57.4 Å². The second-order valence-corrected chi connectivity index (χ2v) is 9.51. The standard InChI is InChI=1S/C23H23F2N3O6S2/c1-11(29)27-18(21(26)32)9-36-23(34)19(28-12(2)30)10-35-22(33)16-7-13(3-6-20(16)31)15-5-4-14(24)8-17(15)25/h3-8,18-19,31H,9-10H2,1-2H3,(H2,26,32)(H,27,29)(H,28,30). The van der Waals surface area contributed by atoms with Crippen molar-refractivity contribution in [2.24, 2.45) is 5.73 Å². The van der Waals surface area contributed by atoms with Gasteiger partial charge in [-0.05, 0) is 29.8 Å². The summed E-state index contributed by atoms with van der Waals surface area (Å²) >= 11 is 1.26. The minimum atomic E-state index is -1.15. The number of phenols is 1. The van der Waals surface area contributed by atoms with Gasteiger partial charge < -0.3 is 21.5 Å².